The van der Waals surface area contributed by atoms with Gasteiger partial charge in [-0.15, -0.1) is 35.3 Å². The van der Waals surface area contributed by atoms with Crippen LogP contribution < -0.4 is 15.4 Å². The molecule has 1 aliphatic carbocycles. The fourth-order valence-corrected chi connectivity index (χ4v) is 6.00. The van der Waals surface area contributed by atoms with Crippen LogP contribution in [0.2, 0.25) is 4.34 Å². The van der Waals surface area contributed by atoms with Gasteiger partial charge in [-0.25, -0.2) is 13.1 Å². The first-order valence-electron chi connectivity index (χ1n) is 8.27. The molecule has 1 aromatic heterocycles. The van der Waals surface area contributed by atoms with Gasteiger partial charge in [-0.1, -0.05) is 11.6 Å². The van der Waals surface area contributed by atoms with Crippen LogP contribution in [0.3, 0.4) is 0 Å². The van der Waals surface area contributed by atoms with Crippen LogP contribution in [0.15, 0.2) is 21.3 Å². The van der Waals surface area contributed by atoms with Gasteiger partial charge in [-0.3, -0.25) is 4.99 Å². The Kier molecular flexibility index (Phi) is 11.2. The summed E-state index contributed by atoms with van der Waals surface area (Å²) >= 11 is 8.75. The van der Waals surface area contributed by atoms with E-state index in [1.54, 1.807) is 6.07 Å². The van der Waals surface area contributed by atoms with Crippen LogP contribution >= 0.6 is 58.7 Å². The fraction of sp³-hybridized carbons (Fsp3) is 0.667. The van der Waals surface area contributed by atoms with Crippen molar-refractivity contribution in [2.75, 3.05) is 25.9 Å². The summed E-state index contributed by atoms with van der Waals surface area (Å²) in [5.74, 6) is 0.743. The molecule has 0 aliphatic heterocycles. The zero-order valence-corrected chi connectivity index (χ0v) is 20.4. The summed E-state index contributed by atoms with van der Waals surface area (Å²) in [7, 11) is -3.51. The monoisotopic (exact) mass is 552 g/mol. The van der Waals surface area contributed by atoms with Crippen molar-refractivity contribution >= 4 is 74.7 Å². The maximum Gasteiger partial charge on any atom is 0.250 e. The maximum absolute atomic E-state index is 12.1. The van der Waals surface area contributed by atoms with Gasteiger partial charge in [0.1, 0.15) is 4.21 Å². The number of guanidine groups is 1. The number of halogens is 2. The number of nitrogens with one attached hydrogen (secondary N) is 3. The Labute approximate surface area is 186 Å². The van der Waals surface area contributed by atoms with Crippen LogP contribution in [-0.2, 0) is 10.0 Å². The minimum atomic E-state index is -3.51. The molecule has 6 nitrogen and oxygen atoms in total. The molecule has 3 N–H and O–H groups in total. The second-order valence-electron chi connectivity index (χ2n) is 5.73. The molecular weight excluding hydrogens is 527 g/mol. The normalized spacial score (nSPS) is 20.7. The minimum Gasteiger partial charge on any atom is -0.357 e. The Morgan fingerprint density at radius 3 is 2.77 bits per heavy atom. The van der Waals surface area contributed by atoms with Crippen LogP contribution in [-0.4, -0.2) is 51.6 Å². The Morgan fingerprint density at radius 2 is 2.19 bits per heavy atom. The number of aliphatic imine (C=N–C) groups is 1. The van der Waals surface area contributed by atoms with Crippen molar-refractivity contribution in [2.45, 2.75) is 41.7 Å². The van der Waals surface area contributed by atoms with E-state index < -0.39 is 10.0 Å². The lowest BCUT2D eigenvalue weighted by atomic mass is 10.2. The predicted octanol–water partition coefficient (Wildman–Crippen LogP) is 3.14. The molecule has 0 aromatic carbocycles. The lowest BCUT2D eigenvalue weighted by Gasteiger charge is -2.17. The van der Waals surface area contributed by atoms with Crippen molar-refractivity contribution in [2.24, 2.45) is 4.99 Å². The summed E-state index contributed by atoms with van der Waals surface area (Å²) < 4.78 is 27.5. The predicted molar refractivity (Wildman–Crippen MR) is 124 cm³/mol. The first-order valence-corrected chi connectivity index (χ1v) is 12.2. The van der Waals surface area contributed by atoms with Crippen LogP contribution in [0.5, 0.6) is 0 Å². The molecule has 1 aromatic rings. The first-order chi connectivity index (χ1) is 11.9. The van der Waals surface area contributed by atoms with E-state index in [1.807, 2.05) is 18.7 Å². The third-order valence-electron chi connectivity index (χ3n) is 3.89. The van der Waals surface area contributed by atoms with Crippen molar-refractivity contribution in [1.29, 1.82) is 0 Å². The minimum absolute atomic E-state index is 0. The van der Waals surface area contributed by atoms with Crippen molar-refractivity contribution < 1.29 is 8.42 Å². The van der Waals surface area contributed by atoms with Crippen LogP contribution in [0.4, 0.5) is 0 Å². The lowest BCUT2D eigenvalue weighted by molar-refractivity contribution is 0.583. The molecule has 0 spiro atoms. The number of hydrogen-bond acceptors (Lipinski definition) is 5. The van der Waals surface area contributed by atoms with Gasteiger partial charge in [-0.2, -0.15) is 11.8 Å². The lowest BCUT2D eigenvalue weighted by Crippen LogP contribution is -2.43. The van der Waals surface area contributed by atoms with E-state index in [-0.39, 0.29) is 34.7 Å². The molecule has 0 amide bonds. The molecular formula is C15H26ClIN4O2S3. The smallest absolute Gasteiger partial charge is 0.250 e. The van der Waals surface area contributed by atoms with E-state index in [0.29, 0.717) is 22.2 Å². The highest BCUT2D eigenvalue weighted by Crippen LogP contribution is 2.28. The molecule has 150 valence electrons. The van der Waals surface area contributed by atoms with E-state index in [0.717, 1.165) is 36.7 Å². The molecule has 0 radical (unpaired) electrons. The molecule has 1 aliphatic rings. The fourth-order valence-electron chi connectivity index (χ4n) is 2.66. The first kappa shape index (κ1) is 24.3. The van der Waals surface area contributed by atoms with E-state index in [4.69, 9.17) is 11.6 Å². The van der Waals surface area contributed by atoms with Crippen molar-refractivity contribution in [1.82, 2.24) is 15.4 Å². The van der Waals surface area contributed by atoms with Gasteiger partial charge in [0.15, 0.2) is 5.96 Å². The van der Waals surface area contributed by atoms with E-state index in [9.17, 15) is 8.42 Å². The molecule has 1 heterocycles. The topological polar surface area (TPSA) is 82.6 Å². The number of thiophene rings is 1. The zero-order valence-electron chi connectivity index (χ0n) is 14.8. The summed E-state index contributed by atoms with van der Waals surface area (Å²) in [4.78, 5) is 4.47. The van der Waals surface area contributed by atoms with Crippen LogP contribution in [0, 0.1) is 0 Å². The second-order valence-corrected chi connectivity index (χ2v) is 10.6. The molecule has 0 saturated heterocycles. The Hall–Kier alpha value is 0.250. The molecule has 2 atom stereocenters. The van der Waals surface area contributed by atoms with Gasteiger partial charge in [0, 0.05) is 24.4 Å². The van der Waals surface area contributed by atoms with Gasteiger partial charge in [-0.05, 0) is 44.6 Å². The summed E-state index contributed by atoms with van der Waals surface area (Å²) in [6, 6.07) is 3.52. The Balaban J connectivity index is 0.00000338. The second kappa shape index (κ2) is 11.9. The highest BCUT2D eigenvalue weighted by atomic mass is 127. The molecule has 0 bridgehead atoms. The highest BCUT2D eigenvalue weighted by Gasteiger charge is 2.24. The molecule has 2 unspecified atom stereocenters. The van der Waals surface area contributed by atoms with E-state index >= 15 is 0 Å². The third-order valence-corrected chi connectivity index (χ3v) is 8.17. The maximum atomic E-state index is 12.1. The Morgan fingerprint density at radius 1 is 1.42 bits per heavy atom. The average Bonchev–Trinajstić information content (AvgIpc) is 3.21. The van der Waals surface area contributed by atoms with Crippen molar-refractivity contribution in [3.05, 3.63) is 16.5 Å². The number of thioether (sulfide) groups is 1. The summed E-state index contributed by atoms with van der Waals surface area (Å²) in [6.07, 6.45) is 5.65. The summed E-state index contributed by atoms with van der Waals surface area (Å²) in [6.45, 7) is 3.39. The molecule has 1 fully saturated rings. The third kappa shape index (κ3) is 7.70. The number of rotatable bonds is 8. The van der Waals surface area contributed by atoms with Gasteiger partial charge < -0.3 is 10.6 Å². The Bertz CT molecular complexity index is 684. The SMILES string of the molecule is CCNC(=NCCNS(=O)(=O)c1ccc(Cl)s1)NC1CCC(SC)C1.I. The number of nitrogens with zero attached hydrogens (tertiary/aromatic N) is 1. The van der Waals surface area contributed by atoms with E-state index in [1.165, 1.54) is 12.5 Å². The van der Waals surface area contributed by atoms with Gasteiger partial charge in [0.25, 0.3) is 0 Å². The van der Waals surface area contributed by atoms with Gasteiger partial charge >= 0.3 is 0 Å². The van der Waals surface area contributed by atoms with Gasteiger partial charge in [0.2, 0.25) is 10.0 Å². The average molecular weight is 553 g/mol. The van der Waals surface area contributed by atoms with Crippen LogP contribution in [0.1, 0.15) is 26.2 Å². The standard InChI is InChI=1S/C15H25ClN4O2S3.HI/c1-3-17-15(20-11-4-5-12(10-11)23-2)18-8-9-19-25(21,22)14-7-6-13(16)24-14;/h6-7,11-12,19H,3-5,8-10H2,1-2H3,(H2,17,18,20);1H. The van der Waals surface area contributed by atoms with Crippen molar-refractivity contribution in [3.63, 3.8) is 0 Å². The van der Waals surface area contributed by atoms with Crippen molar-refractivity contribution in [3.8, 4) is 0 Å². The quantitative estimate of drug-likeness (QED) is 0.200. The zero-order chi connectivity index (χ0) is 18.3. The molecule has 26 heavy (non-hydrogen) atoms. The molecule has 1 saturated carbocycles. The summed E-state index contributed by atoms with van der Waals surface area (Å²) in [5.41, 5.74) is 0. The summed E-state index contributed by atoms with van der Waals surface area (Å²) in [5, 5.41) is 7.37. The molecule has 11 heteroatoms. The molecule has 2 rings (SSSR count). The number of hydrogen-bond donors (Lipinski definition) is 3. The number of sulfonamides is 1. The highest BCUT2D eigenvalue weighted by molar-refractivity contribution is 14.0. The van der Waals surface area contributed by atoms with Crippen LogP contribution in [0.25, 0.3) is 0 Å². The van der Waals surface area contributed by atoms with E-state index in [2.05, 4.69) is 26.6 Å². The van der Waals surface area contributed by atoms with Gasteiger partial charge in [0.05, 0.1) is 10.9 Å². The largest absolute Gasteiger partial charge is 0.357 e.